The lowest BCUT2D eigenvalue weighted by atomic mass is 9.93. The zero-order valence-electron chi connectivity index (χ0n) is 20.4. The Kier molecular flexibility index (Phi) is 5.64. The van der Waals surface area contributed by atoms with Gasteiger partial charge in [-0.3, -0.25) is 4.79 Å². The number of anilines is 1. The molecule has 5 aromatic rings. The largest absolute Gasteiger partial charge is 0.397 e. The smallest absolute Gasteiger partial charge is 0.219 e. The van der Waals surface area contributed by atoms with Crippen molar-refractivity contribution in [2.75, 3.05) is 18.8 Å². The summed E-state index contributed by atoms with van der Waals surface area (Å²) in [5.41, 5.74) is 13.0. The number of nitrogens with two attached hydrogens (primary N) is 1. The number of imidazole rings is 1. The summed E-state index contributed by atoms with van der Waals surface area (Å²) >= 11 is 0. The van der Waals surface area contributed by atoms with Crippen molar-refractivity contribution in [2.24, 2.45) is 5.92 Å². The highest BCUT2D eigenvalue weighted by Gasteiger charge is 2.24. The fraction of sp³-hybridized carbons (Fsp3) is 0.233. The van der Waals surface area contributed by atoms with E-state index in [4.69, 9.17) is 15.7 Å². The second-order valence-electron chi connectivity index (χ2n) is 9.68. The molecule has 0 atom stereocenters. The predicted molar refractivity (Wildman–Crippen MR) is 144 cm³/mol. The molecule has 0 aliphatic carbocycles. The molecular formula is C30H29N5O. The molecule has 4 heterocycles. The van der Waals surface area contributed by atoms with Gasteiger partial charge >= 0.3 is 0 Å². The molecule has 1 amide bonds. The van der Waals surface area contributed by atoms with Crippen LogP contribution >= 0.6 is 0 Å². The molecule has 0 saturated carbocycles. The van der Waals surface area contributed by atoms with Gasteiger partial charge in [-0.25, -0.2) is 9.97 Å². The van der Waals surface area contributed by atoms with Crippen LogP contribution < -0.4 is 5.73 Å². The number of hydrogen-bond donors (Lipinski definition) is 1. The molecule has 1 saturated heterocycles. The number of fused-ring (bicyclic) bond motifs is 2. The average Bonchev–Trinajstić information content (AvgIpc) is 3.28. The summed E-state index contributed by atoms with van der Waals surface area (Å²) < 4.78 is 2.14. The molecule has 1 fully saturated rings. The molecule has 1 aliphatic rings. The minimum atomic E-state index is 0.162. The first-order chi connectivity index (χ1) is 17.6. The van der Waals surface area contributed by atoms with Crippen molar-refractivity contribution in [2.45, 2.75) is 26.2 Å². The summed E-state index contributed by atoms with van der Waals surface area (Å²) in [6.07, 6.45) is 4.90. The van der Waals surface area contributed by atoms with E-state index in [0.717, 1.165) is 77.1 Å². The maximum atomic E-state index is 11.7. The summed E-state index contributed by atoms with van der Waals surface area (Å²) in [6.45, 7) is 3.29. The van der Waals surface area contributed by atoms with Gasteiger partial charge in [-0.2, -0.15) is 0 Å². The molecule has 0 spiro atoms. The van der Waals surface area contributed by atoms with E-state index in [0.29, 0.717) is 11.6 Å². The average molecular weight is 476 g/mol. The molecule has 1 aliphatic heterocycles. The summed E-state index contributed by atoms with van der Waals surface area (Å²) in [6, 6.07) is 24.7. The van der Waals surface area contributed by atoms with E-state index in [1.807, 2.05) is 35.2 Å². The Morgan fingerprint density at radius 2 is 1.72 bits per heavy atom. The maximum Gasteiger partial charge on any atom is 0.219 e. The first-order valence-corrected chi connectivity index (χ1v) is 12.5. The molecular weight excluding hydrogens is 446 g/mol. The zero-order valence-corrected chi connectivity index (χ0v) is 20.4. The van der Waals surface area contributed by atoms with Crippen LogP contribution in [0.4, 0.5) is 5.69 Å². The molecule has 180 valence electrons. The molecule has 0 radical (unpaired) electrons. The van der Waals surface area contributed by atoms with Crippen molar-refractivity contribution >= 4 is 28.0 Å². The third-order valence-corrected chi connectivity index (χ3v) is 7.33. The fourth-order valence-corrected chi connectivity index (χ4v) is 5.32. The lowest BCUT2D eigenvalue weighted by molar-refractivity contribution is -0.130. The van der Waals surface area contributed by atoms with Crippen LogP contribution in [0.15, 0.2) is 79.0 Å². The molecule has 2 aromatic carbocycles. The van der Waals surface area contributed by atoms with Gasteiger partial charge in [0.1, 0.15) is 5.82 Å². The number of pyridine rings is 2. The quantitative estimate of drug-likeness (QED) is 0.367. The molecule has 6 nitrogen and oxygen atoms in total. The van der Waals surface area contributed by atoms with Crippen molar-refractivity contribution in [3.05, 3.63) is 84.8 Å². The van der Waals surface area contributed by atoms with E-state index >= 15 is 0 Å². The first kappa shape index (κ1) is 22.3. The number of carbonyl (C=O) groups is 1. The van der Waals surface area contributed by atoms with E-state index in [1.165, 1.54) is 0 Å². The van der Waals surface area contributed by atoms with E-state index in [2.05, 4.69) is 53.1 Å². The highest BCUT2D eigenvalue weighted by atomic mass is 16.2. The van der Waals surface area contributed by atoms with Gasteiger partial charge in [0.25, 0.3) is 0 Å². The number of aromatic nitrogens is 3. The van der Waals surface area contributed by atoms with Crippen molar-refractivity contribution in [1.82, 2.24) is 19.3 Å². The van der Waals surface area contributed by atoms with E-state index in [1.54, 1.807) is 6.92 Å². The Balaban J connectivity index is 1.38. The van der Waals surface area contributed by atoms with Crippen molar-refractivity contribution in [3.8, 4) is 22.5 Å². The monoisotopic (exact) mass is 475 g/mol. The zero-order chi connectivity index (χ0) is 24.6. The Morgan fingerprint density at radius 3 is 2.50 bits per heavy atom. The van der Waals surface area contributed by atoms with Gasteiger partial charge in [0.05, 0.1) is 28.1 Å². The Labute approximate surface area is 210 Å². The number of benzene rings is 2. The number of rotatable bonds is 4. The first-order valence-electron chi connectivity index (χ1n) is 12.5. The lowest BCUT2D eigenvalue weighted by Gasteiger charge is -2.31. The standard InChI is InChI=1S/C30H29N5O/c1-20(36)34-16-13-21(14-17-34)18-28-33-29(30-25(31)8-5-15-35(28)30)24-10-9-23-11-12-26(32-27(23)19-24)22-6-3-2-4-7-22/h2-12,15,19,21H,13-14,16-18,31H2,1H3. The topological polar surface area (TPSA) is 76.5 Å². The van der Waals surface area contributed by atoms with Crippen molar-refractivity contribution in [1.29, 1.82) is 0 Å². The number of nitrogen functional groups attached to an aromatic ring is 1. The van der Waals surface area contributed by atoms with Crippen LogP contribution in [0.1, 0.15) is 25.6 Å². The van der Waals surface area contributed by atoms with E-state index < -0.39 is 0 Å². The normalized spacial score (nSPS) is 14.5. The van der Waals surface area contributed by atoms with Crippen LogP contribution in [0, 0.1) is 5.92 Å². The molecule has 0 unspecified atom stereocenters. The van der Waals surface area contributed by atoms with Crippen molar-refractivity contribution in [3.63, 3.8) is 0 Å². The summed E-state index contributed by atoms with van der Waals surface area (Å²) in [5.74, 6) is 1.67. The van der Waals surface area contributed by atoms with Crippen LogP contribution in [0.2, 0.25) is 0 Å². The van der Waals surface area contributed by atoms with Crippen LogP contribution in [0.3, 0.4) is 0 Å². The second kappa shape index (κ2) is 9.11. The minimum Gasteiger partial charge on any atom is -0.397 e. The van der Waals surface area contributed by atoms with Gasteiger partial charge < -0.3 is 15.0 Å². The summed E-state index contributed by atoms with van der Waals surface area (Å²) in [5, 5.41) is 1.09. The summed E-state index contributed by atoms with van der Waals surface area (Å²) in [4.78, 5) is 23.7. The van der Waals surface area contributed by atoms with Crippen LogP contribution in [0.25, 0.3) is 38.9 Å². The Bertz CT molecular complexity index is 1570. The van der Waals surface area contributed by atoms with Gasteiger partial charge in [0.15, 0.2) is 0 Å². The Morgan fingerprint density at radius 1 is 0.944 bits per heavy atom. The third-order valence-electron chi connectivity index (χ3n) is 7.33. The molecule has 6 rings (SSSR count). The van der Waals surface area contributed by atoms with E-state index in [9.17, 15) is 4.79 Å². The number of piperidine rings is 1. The van der Waals surface area contributed by atoms with Gasteiger partial charge in [-0.15, -0.1) is 0 Å². The van der Waals surface area contributed by atoms with Gasteiger partial charge in [-0.1, -0.05) is 48.5 Å². The fourth-order valence-electron chi connectivity index (χ4n) is 5.32. The number of likely N-dealkylation sites (tertiary alicyclic amines) is 1. The second-order valence-corrected chi connectivity index (χ2v) is 9.68. The number of amides is 1. The lowest BCUT2D eigenvalue weighted by Crippen LogP contribution is -2.37. The third kappa shape index (κ3) is 4.09. The van der Waals surface area contributed by atoms with Crippen LogP contribution in [0.5, 0.6) is 0 Å². The van der Waals surface area contributed by atoms with Crippen molar-refractivity contribution < 1.29 is 4.79 Å². The molecule has 2 N–H and O–H groups in total. The van der Waals surface area contributed by atoms with Gasteiger partial charge in [0, 0.05) is 49.1 Å². The summed E-state index contributed by atoms with van der Waals surface area (Å²) in [7, 11) is 0. The number of carbonyl (C=O) groups excluding carboxylic acids is 1. The highest BCUT2D eigenvalue weighted by molar-refractivity contribution is 5.92. The van der Waals surface area contributed by atoms with Crippen LogP contribution in [-0.2, 0) is 11.2 Å². The molecule has 6 heteroatoms. The molecule has 36 heavy (non-hydrogen) atoms. The molecule has 3 aromatic heterocycles. The van der Waals surface area contributed by atoms with Crippen LogP contribution in [-0.4, -0.2) is 38.3 Å². The van der Waals surface area contributed by atoms with E-state index in [-0.39, 0.29) is 5.91 Å². The van der Waals surface area contributed by atoms with Gasteiger partial charge in [-0.05, 0) is 43.0 Å². The maximum absolute atomic E-state index is 11.7. The molecule has 0 bridgehead atoms. The Hall–Kier alpha value is -4.19. The van der Waals surface area contributed by atoms with Gasteiger partial charge in [0.2, 0.25) is 5.91 Å². The number of nitrogens with zero attached hydrogens (tertiary/aromatic N) is 4. The minimum absolute atomic E-state index is 0.162. The number of hydrogen-bond acceptors (Lipinski definition) is 4. The SMILES string of the molecule is CC(=O)N1CCC(Cc2nc(-c3ccc4ccc(-c5ccccc5)nc4c3)c3c(N)cccn23)CC1. The predicted octanol–water partition coefficient (Wildman–Crippen LogP) is 5.60. The highest BCUT2D eigenvalue weighted by Crippen LogP contribution is 2.33.